The molecule has 3 heteroatoms. The van der Waals surface area contributed by atoms with Gasteiger partial charge in [0.1, 0.15) is 0 Å². The van der Waals surface area contributed by atoms with E-state index in [4.69, 9.17) is 0 Å². The Morgan fingerprint density at radius 3 is 2.93 bits per heavy atom. The van der Waals surface area contributed by atoms with Crippen LogP contribution in [0.25, 0.3) is 0 Å². The summed E-state index contributed by atoms with van der Waals surface area (Å²) in [5, 5.41) is 7.55. The summed E-state index contributed by atoms with van der Waals surface area (Å²) in [6, 6.07) is 6.18. The maximum atomic E-state index is 4.22. The lowest BCUT2D eigenvalue weighted by molar-refractivity contribution is 1.13. The monoisotopic (exact) mass is 204 g/mol. The molecule has 14 heavy (non-hydrogen) atoms. The molecule has 0 spiro atoms. The van der Waals surface area contributed by atoms with Gasteiger partial charge < -0.3 is 5.32 Å². The Hall–Kier alpha value is -1.35. The third-order valence-corrected chi connectivity index (χ3v) is 2.72. The highest BCUT2D eigenvalue weighted by atomic mass is 32.1. The highest BCUT2D eigenvalue weighted by molar-refractivity contribution is 7.07. The van der Waals surface area contributed by atoms with Gasteiger partial charge in [-0.25, -0.2) is 0 Å². The molecule has 0 saturated carbocycles. The first-order valence-corrected chi connectivity index (χ1v) is 5.46. The van der Waals surface area contributed by atoms with E-state index >= 15 is 0 Å². The lowest BCUT2D eigenvalue weighted by Gasteiger charge is -2.04. The summed E-state index contributed by atoms with van der Waals surface area (Å²) in [5.41, 5.74) is 3.43. The summed E-state index contributed by atoms with van der Waals surface area (Å²) in [6.07, 6.45) is 1.86. The number of hydrogen-bond acceptors (Lipinski definition) is 3. The second-order valence-corrected chi connectivity index (χ2v) is 3.95. The molecule has 0 radical (unpaired) electrons. The maximum absolute atomic E-state index is 4.22. The van der Waals surface area contributed by atoms with Crippen molar-refractivity contribution in [3.05, 3.63) is 46.4 Å². The molecule has 0 atom stereocenters. The van der Waals surface area contributed by atoms with Crippen molar-refractivity contribution in [2.75, 3.05) is 5.32 Å². The Morgan fingerprint density at radius 2 is 2.29 bits per heavy atom. The molecule has 0 unspecified atom stereocenters. The smallest absolute Gasteiger partial charge is 0.0529 e. The summed E-state index contributed by atoms with van der Waals surface area (Å²) in [4.78, 5) is 4.22. The number of thiophene rings is 1. The van der Waals surface area contributed by atoms with Crippen LogP contribution in [0.4, 0.5) is 5.69 Å². The van der Waals surface area contributed by atoms with E-state index in [2.05, 4.69) is 33.2 Å². The summed E-state index contributed by atoms with van der Waals surface area (Å²) < 4.78 is 0. The van der Waals surface area contributed by atoms with Gasteiger partial charge in [0.2, 0.25) is 0 Å². The predicted octanol–water partition coefficient (Wildman–Crippen LogP) is 3.06. The van der Waals surface area contributed by atoms with Gasteiger partial charge in [0.05, 0.1) is 11.9 Å². The number of hydrogen-bond donors (Lipinski definition) is 1. The fourth-order valence-corrected chi connectivity index (χ4v) is 1.84. The van der Waals surface area contributed by atoms with Gasteiger partial charge >= 0.3 is 0 Å². The average Bonchev–Trinajstić information content (AvgIpc) is 2.70. The molecule has 0 aliphatic heterocycles. The van der Waals surface area contributed by atoms with E-state index in [0.29, 0.717) is 0 Å². The second kappa shape index (κ2) is 4.24. The largest absolute Gasteiger partial charge is 0.380 e. The fourth-order valence-electron chi connectivity index (χ4n) is 1.17. The van der Waals surface area contributed by atoms with Gasteiger partial charge in [-0.2, -0.15) is 11.3 Å². The van der Waals surface area contributed by atoms with Gasteiger partial charge in [0.25, 0.3) is 0 Å². The lowest BCUT2D eigenvalue weighted by atomic mass is 10.3. The molecule has 72 valence electrons. The number of aromatic nitrogens is 1. The van der Waals surface area contributed by atoms with E-state index < -0.39 is 0 Å². The van der Waals surface area contributed by atoms with Crippen LogP contribution in [0, 0.1) is 6.92 Å². The molecule has 0 saturated heterocycles. The zero-order chi connectivity index (χ0) is 9.80. The van der Waals surface area contributed by atoms with Crippen molar-refractivity contribution in [1.29, 1.82) is 0 Å². The number of aryl methyl sites for hydroxylation is 1. The molecule has 0 aromatic carbocycles. The van der Waals surface area contributed by atoms with Crippen molar-refractivity contribution >= 4 is 17.0 Å². The minimum absolute atomic E-state index is 0.869. The van der Waals surface area contributed by atoms with Gasteiger partial charge in [0.15, 0.2) is 0 Å². The van der Waals surface area contributed by atoms with Crippen LogP contribution in [-0.2, 0) is 6.54 Å². The fraction of sp³-hybridized carbons (Fsp3) is 0.182. The molecule has 0 amide bonds. The highest BCUT2D eigenvalue weighted by Gasteiger charge is 1.94. The highest BCUT2D eigenvalue weighted by Crippen LogP contribution is 2.10. The molecule has 1 N–H and O–H groups in total. The van der Waals surface area contributed by atoms with Crippen LogP contribution in [-0.4, -0.2) is 4.98 Å². The first-order valence-electron chi connectivity index (χ1n) is 4.52. The van der Waals surface area contributed by atoms with Crippen molar-refractivity contribution < 1.29 is 0 Å². The summed E-state index contributed by atoms with van der Waals surface area (Å²) in [6.45, 7) is 2.86. The lowest BCUT2D eigenvalue weighted by Crippen LogP contribution is -1.98. The number of nitrogens with zero attached hydrogens (tertiary/aromatic N) is 1. The number of pyridine rings is 1. The van der Waals surface area contributed by atoms with Crippen LogP contribution in [0.5, 0.6) is 0 Å². The van der Waals surface area contributed by atoms with Crippen molar-refractivity contribution in [3.8, 4) is 0 Å². The third-order valence-electron chi connectivity index (χ3n) is 1.99. The zero-order valence-corrected chi connectivity index (χ0v) is 8.84. The number of nitrogens with one attached hydrogen (secondary N) is 1. The molecule has 0 aliphatic carbocycles. The van der Waals surface area contributed by atoms with E-state index in [9.17, 15) is 0 Å². The van der Waals surface area contributed by atoms with E-state index in [1.807, 2.05) is 19.2 Å². The minimum Gasteiger partial charge on any atom is -0.380 e. The molecule has 2 heterocycles. The molecule has 2 rings (SSSR count). The molecular formula is C11H12N2S. The molecule has 2 aromatic heterocycles. The first-order chi connectivity index (χ1) is 6.84. The van der Waals surface area contributed by atoms with E-state index in [0.717, 1.165) is 17.9 Å². The van der Waals surface area contributed by atoms with Crippen molar-refractivity contribution in [2.45, 2.75) is 13.5 Å². The van der Waals surface area contributed by atoms with Crippen molar-refractivity contribution in [3.63, 3.8) is 0 Å². The molecule has 2 aromatic rings. The Bertz CT molecular complexity index is 378. The van der Waals surface area contributed by atoms with Gasteiger partial charge in [-0.3, -0.25) is 4.98 Å². The summed E-state index contributed by atoms with van der Waals surface area (Å²) in [7, 11) is 0. The van der Waals surface area contributed by atoms with Crippen LogP contribution in [0.15, 0.2) is 35.2 Å². The Labute approximate surface area is 87.6 Å². The van der Waals surface area contributed by atoms with Gasteiger partial charge in [-0.1, -0.05) is 0 Å². The minimum atomic E-state index is 0.869. The Morgan fingerprint density at radius 1 is 1.36 bits per heavy atom. The normalized spacial score (nSPS) is 10.1. The first kappa shape index (κ1) is 9.21. The molecule has 0 fully saturated rings. The topological polar surface area (TPSA) is 24.9 Å². The number of anilines is 1. The summed E-state index contributed by atoms with van der Waals surface area (Å²) >= 11 is 1.72. The van der Waals surface area contributed by atoms with Crippen LogP contribution in [0.2, 0.25) is 0 Å². The van der Waals surface area contributed by atoms with Gasteiger partial charge in [0, 0.05) is 12.2 Å². The van der Waals surface area contributed by atoms with Gasteiger partial charge in [-0.15, -0.1) is 0 Å². The van der Waals surface area contributed by atoms with Crippen LogP contribution >= 0.6 is 11.3 Å². The second-order valence-electron chi connectivity index (χ2n) is 3.17. The quantitative estimate of drug-likeness (QED) is 0.831. The number of rotatable bonds is 3. The Kier molecular flexibility index (Phi) is 2.79. The Balaban J connectivity index is 1.95. The molecule has 0 bridgehead atoms. The van der Waals surface area contributed by atoms with Crippen molar-refractivity contribution in [1.82, 2.24) is 4.98 Å². The summed E-state index contributed by atoms with van der Waals surface area (Å²) in [5.74, 6) is 0. The van der Waals surface area contributed by atoms with E-state index in [1.54, 1.807) is 11.3 Å². The van der Waals surface area contributed by atoms with Crippen molar-refractivity contribution in [2.24, 2.45) is 0 Å². The van der Waals surface area contributed by atoms with Crippen LogP contribution < -0.4 is 5.32 Å². The van der Waals surface area contributed by atoms with Crippen LogP contribution in [0.1, 0.15) is 11.3 Å². The molecule has 0 aliphatic rings. The zero-order valence-electron chi connectivity index (χ0n) is 8.03. The van der Waals surface area contributed by atoms with E-state index in [-0.39, 0.29) is 0 Å². The third kappa shape index (κ3) is 2.33. The standard InChI is InChI=1S/C11H12N2S/c1-9-2-3-11(7-12-9)13-6-10-4-5-14-8-10/h2-5,7-8,13H,6H2,1H3. The SMILES string of the molecule is Cc1ccc(NCc2ccsc2)cn1. The average molecular weight is 204 g/mol. The van der Waals surface area contributed by atoms with Crippen LogP contribution in [0.3, 0.4) is 0 Å². The van der Waals surface area contributed by atoms with E-state index in [1.165, 1.54) is 5.56 Å². The molecule has 2 nitrogen and oxygen atoms in total. The van der Waals surface area contributed by atoms with Gasteiger partial charge in [-0.05, 0) is 41.4 Å². The molecular weight excluding hydrogens is 192 g/mol. The maximum Gasteiger partial charge on any atom is 0.0529 e. The predicted molar refractivity (Wildman–Crippen MR) is 60.6 cm³/mol.